The number of rotatable bonds is 8. The topological polar surface area (TPSA) is 73.5 Å². The highest BCUT2D eigenvalue weighted by Crippen LogP contribution is 2.11. The molecule has 1 heterocycles. The first-order valence-corrected chi connectivity index (χ1v) is 10.8. The van der Waals surface area contributed by atoms with Crippen molar-refractivity contribution in [1.82, 2.24) is 15.5 Å². The van der Waals surface area contributed by atoms with Crippen molar-refractivity contribution in [3.8, 4) is 0 Å². The van der Waals surface area contributed by atoms with Crippen LogP contribution in [0.25, 0.3) is 0 Å². The molecule has 1 aliphatic heterocycles. The number of nitrogens with one attached hydrogen (secondary N) is 3. The zero-order valence-electron chi connectivity index (χ0n) is 17.6. The number of aryl methyl sites for hydroxylation is 1. The van der Waals surface area contributed by atoms with Gasteiger partial charge in [0.05, 0.1) is 6.54 Å². The van der Waals surface area contributed by atoms with Gasteiger partial charge in [-0.25, -0.2) is 4.79 Å². The van der Waals surface area contributed by atoms with Crippen molar-refractivity contribution in [3.63, 3.8) is 0 Å². The second-order valence-electron chi connectivity index (χ2n) is 8.01. The molecule has 2 aromatic rings. The molecule has 3 rings (SSSR count). The molecule has 1 saturated heterocycles. The van der Waals surface area contributed by atoms with Crippen LogP contribution >= 0.6 is 0 Å². The summed E-state index contributed by atoms with van der Waals surface area (Å²) in [6, 6.07) is 20.0. The Morgan fingerprint density at radius 2 is 1.63 bits per heavy atom. The molecule has 1 fully saturated rings. The first kappa shape index (κ1) is 21.8. The third-order valence-electron chi connectivity index (χ3n) is 5.43. The maximum atomic E-state index is 12.3. The fraction of sp³-hybridized carbons (Fsp3) is 0.417. The summed E-state index contributed by atoms with van der Waals surface area (Å²) >= 11 is 0. The average molecular weight is 409 g/mol. The van der Waals surface area contributed by atoms with Gasteiger partial charge >= 0.3 is 6.03 Å². The van der Waals surface area contributed by atoms with Crippen LogP contribution in [0.5, 0.6) is 0 Å². The number of carbonyl (C=O) groups excluding carboxylic acids is 2. The molecule has 6 nitrogen and oxygen atoms in total. The number of anilines is 1. The van der Waals surface area contributed by atoms with Gasteiger partial charge in [0.15, 0.2) is 0 Å². The zero-order chi connectivity index (χ0) is 21.2. The van der Waals surface area contributed by atoms with E-state index >= 15 is 0 Å². The highest BCUT2D eigenvalue weighted by molar-refractivity contribution is 5.92. The standard InChI is InChI=1S/C24H32N4O2/c1-19(12-13-20-8-4-2-5-9-20)25-24(30)27-22-14-16-28(17-15-22)18-23(29)26-21-10-6-3-7-11-21/h2-11,19,22H,12-18H2,1H3,(H,26,29)(H2,25,27,30). The summed E-state index contributed by atoms with van der Waals surface area (Å²) < 4.78 is 0. The quantitative estimate of drug-likeness (QED) is 0.627. The fourth-order valence-corrected chi connectivity index (χ4v) is 3.71. The Balaban J connectivity index is 1.31. The Morgan fingerprint density at radius 1 is 1.00 bits per heavy atom. The number of amides is 3. The molecule has 6 heteroatoms. The lowest BCUT2D eigenvalue weighted by molar-refractivity contribution is -0.117. The molecule has 30 heavy (non-hydrogen) atoms. The van der Waals surface area contributed by atoms with Crippen LogP contribution in [0.15, 0.2) is 60.7 Å². The van der Waals surface area contributed by atoms with E-state index in [-0.39, 0.29) is 24.0 Å². The predicted octanol–water partition coefficient (Wildman–Crippen LogP) is 3.41. The van der Waals surface area contributed by atoms with Crippen LogP contribution < -0.4 is 16.0 Å². The first-order valence-electron chi connectivity index (χ1n) is 10.8. The molecule has 160 valence electrons. The Labute approximate surface area is 179 Å². The van der Waals surface area contributed by atoms with Crippen molar-refractivity contribution in [2.75, 3.05) is 25.0 Å². The lowest BCUT2D eigenvalue weighted by Crippen LogP contribution is -2.50. The number of urea groups is 1. The van der Waals surface area contributed by atoms with Gasteiger partial charge in [-0.3, -0.25) is 9.69 Å². The van der Waals surface area contributed by atoms with Crippen LogP contribution in [0.3, 0.4) is 0 Å². The molecule has 0 aliphatic carbocycles. The van der Waals surface area contributed by atoms with E-state index in [1.807, 2.05) is 55.5 Å². The van der Waals surface area contributed by atoms with Crippen molar-refractivity contribution in [2.24, 2.45) is 0 Å². The average Bonchev–Trinajstić information content (AvgIpc) is 2.75. The van der Waals surface area contributed by atoms with Gasteiger partial charge in [0.25, 0.3) is 0 Å². The summed E-state index contributed by atoms with van der Waals surface area (Å²) in [5.41, 5.74) is 2.10. The van der Waals surface area contributed by atoms with Gasteiger partial charge < -0.3 is 16.0 Å². The Morgan fingerprint density at radius 3 is 2.30 bits per heavy atom. The van der Waals surface area contributed by atoms with Crippen molar-refractivity contribution >= 4 is 17.6 Å². The lowest BCUT2D eigenvalue weighted by atomic mass is 10.0. The van der Waals surface area contributed by atoms with Gasteiger partial charge in [0.1, 0.15) is 0 Å². The lowest BCUT2D eigenvalue weighted by Gasteiger charge is -2.32. The smallest absolute Gasteiger partial charge is 0.315 e. The Kier molecular flexibility index (Phi) is 8.27. The maximum Gasteiger partial charge on any atom is 0.315 e. The summed E-state index contributed by atoms with van der Waals surface area (Å²) in [4.78, 5) is 26.6. The third kappa shape index (κ3) is 7.52. The number of piperidine rings is 1. The fourth-order valence-electron chi connectivity index (χ4n) is 3.71. The predicted molar refractivity (Wildman–Crippen MR) is 120 cm³/mol. The molecule has 1 unspecified atom stereocenters. The Bertz CT molecular complexity index is 789. The summed E-state index contributed by atoms with van der Waals surface area (Å²) in [5.74, 6) is -0.00223. The van der Waals surface area contributed by atoms with E-state index < -0.39 is 0 Å². The van der Waals surface area contributed by atoms with Crippen molar-refractivity contribution in [3.05, 3.63) is 66.2 Å². The molecule has 0 spiro atoms. The normalized spacial score (nSPS) is 15.9. The van der Waals surface area contributed by atoms with Crippen molar-refractivity contribution < 1.29 is 9.59 Å². The van der Waals surface area contributed by atoms with Crippen molar-refractivity contribution in [2.45, 2.75) is 44.7 Å². The molecule has 1 aliphatic rings. The zero-order valence-corrected chi connectivity index (χ0v) is 17.6. The summed E-state index contributed by atoms with van der Waals surface area (Å²) in [5, 5.41) is 9.04. The molecular weight excluding hydrogens is 376 g/mol. The number of hydrogen-bond donors (Lipinski definition) is 3. The SMILES string of the molecule is CC(CCc1ccccc1)NC(=O)NC1CCN(CC(=O)Nc2ccccc2)CC1. The van der Waals surface area contributed by atoms with Crippen LogP contribution in [0, 0.1) is 0 Å². The number of likely N-dealkylation sites (tertiary alicyclic amines) is 1. The molecule has 0 aromatic heterocycles. The second-order valence-corrected chi connectivity index (χ2v) is 8.01. The summed E-state index contributed by atoms with van der Waals surface area (Å²) in [7, 11) is 0. The van der Waals surface area contributed by atoms with E-state index in [1.165, 1.54) is 5.56 Å². The summed E-state index contributed by atoms with van der Waals surface area (Å²) in [6.07, 6.45) is 3.56. The van der Waals surface area contributed by atoms with E-state index in [9.17, 15) is 9.59 Å². The summed E-state index contributed by atoms with van der Waals surface area (Å²) in [6.45, 7) is 4.02. The van der Waals surface area contributed by atoms with Gasteiger partial charge in [0.2, 0.25) is 5.91 Å². The van der Waals surface area contributed by atoms with E-state index in [1.54, 1.807) is 0 Å². The highest BCUT2D eigenvalue weighted by atomic mass is 16.2. The monoisotopic (exact) mass is 408 g/mol. The van der Waals surface area contributed by atoms with Crippen LogP contribution in [0.2, 0.25) is 0 Å². The van der Waals surface area contributed by atoms with Crippen molar-refractivity contribution in [1.29, 1.82) is 0 Å². The molecular formula is C24H32N4O2. The minimum atomic E-state index is -0.101. The van der Waals surface area contributed by atoms with E-state index in [0.29, 0.717) is 6.54 Å². The van der Waals surface area contributed by atoms with Gasteiger partial charge in [-0.2, -0.15) is 0 Å². The Hall–Kier alpha value is -2.86. The van der Waals surface area contributed by atoms with Crippen LogP contribution in [-0.2, 0) is 11.2 Å². The minimum Gasteiger partial charge on any atom is -0.336 e. The molecule has 0 bridgehead atoms. The maximum absolute atomic E-state index is 12.3. The van der Waals surface area contributed by atoms with Gasteiger partial charge in [-0.05, 0) is 50.3 Å². The van der Waals surface area contributed by atoms with Crippen LogP contribution in [-0.4, -0.2) is 48.6 Å². The van der Waals surface area contributed by atoms with Gasteiger partial charge in [-0.15, -0.1) is 0 Å². The minimum absolute atomic E-state index is 0.00223. The number of nitrogens with zero attached hydrogens (tertiary/aromatic N) is 1. The second kappa shape index (κ2) is 11.4. The molecule has 2 aromatic carbocycles. The molecule has 1 atom stereocenters. The van der Waals surface area contributed by atoms with Crippen LogP contribution in [0.4, 0.5) is 10.5 Å². The van der Waals surface area contributed by atoms with Crippen LogP contribution in [0.1, 0.15) is 31.7 Å². The van der Waals surface area contributed by atoms with E-state index in [4.69, 9.17) is 0 Å². The first-order chi connectivity index (χ1) is 14.6. The third-order valence-corrected chi connectivity index (χ3v) is 5.43. The number of para-hydroxylation sites is 1. The number of benzene rings is 2. The van der Waals surface area contributed by atoms with Gasteiger partial charge in [-0.1, -0.05) is 48.5 Å². The highest BCUT2D eigenvalue weighted by Gasteiger charge is 2.22. The van der Waals surface area contributed by atoms with E-state index in [0.717, 1.165) is 44.5 Å². The molecule has 0 radical (unpaired) electrons. The molecule has 3 amide bonds. The largest absolute Gasteiger partial charge is 0.336 e. The van der Waals surface area contributed by atoms with Gasteiger partial charge in [0, 0.05) is 30.9 Å². The van der Waals surface area contributed by atoms with E-state index in [2.05, 4.69) is 33.0 Å². The number of carbonyl (C=O) groups is 2. The molecule has 0 saturated carbocycles. The number of hydrogen-bond acceptors (Lipinski definition) is 3. The molecule has 3 N–H and O–H groups in total.